The number of anilines is 1. The van der Waals surface area contributed by atoms with Gasteiger partial charge in [0, 0.05) is 43.8 Å². The third-order valence-electron chi connectivity index (χ3n) is 4.95. The molecule has 1 saturated heterocycles. The number of carboxylic acids is 1. The molecule has 2 aromatic rings. The Labute approximate surface area is 156 Å². The molecule has 27 heavy (non-hydrogen) atoms. The van der Waals surface area contributed by atoms with Gasteiger partial charge >= 0.3 is 5.97 Å². The van der Waals surface area contributed by atoms with E-state index in [0.29, 0.717) is 36.5 Å². The van der Waals surface area contributed by atoms with E-state index in [1.165, 1.54) is 6.07 Å². The van der Waals surface area contributed by atoms with Crippen molar-refractivity contribution >= 4 is 22.6 Å². The van der Waals surface area contributed by atoms with Crippen molar-refractivity contribution in [3.05, 3.63) is 51.1 Å². The van der Waals surface area contributed by atoms with Gasteiger partial charge in [-0.15, -0.1) is 0 Å². The highest BCUT2D eigenvalue weighted by molar-refractivity contribution is 5.95. The molecule has 3 rings (SSSR count). The number of rotatable bonds is 4. The first-order valence-corrected chi connectivity index (χ1v) is 9.00. The number of carboxylic acid groups (broad SMARTS) is 1. The molecule has 0 atom stereocenters. The number of allylic oxidation sites excluding steroid dienone is 2. The van der Waals surface area contributed by atoms with Gasteiger partial charge in [-0.1, -0.05) is 11.6 Å². The Hall–Kier alpha value is -2.67. The van der Waals surface area contributed by atoms with Crippen molar-refractivity contribution in [2.75, 3.05) is 31.1 Å². The fourth-order valence-electron chi connectivity index (χ4n) is 3.48. The molecule has 0 bridgehead atoms. The van der Waals surface area contributed by atoms with Crippen molar-refractivity contribution in [2.24, 2.45) is 0 Å². The number of nitrogens with one attached hydrogen (secondary N) is 1. The van der Waals surface area contributed by atoms with Crippen LogP contribution in [0.5, 0.6) is 0 Å². The van der Waals surface area contributed by atoms with E-state index in [1.807, 2.05) is 24.8 Å². The zero-order valence-electron chi connectivity index (χ0n) is 15.8. The monoisotopic (exact) mass is 373 g/mol. The Morgan fingerprint density at radius 3 is 2.56 bits per heavy atom. The lowest BCUT2D eigenvalue weighted by molar-refractivity contribution is 0.0694. The molecular formula is C20H24FN3O3. The lowest BCUT2D eigenvalue weighted by Crippen LogP contribution is -2.44. The van der Waals surface area contributed by atoms with Crippen LogP contribution in [0, 0.1) is 12.7 Å². The van der Waals surface area contributed by atoms with Crippen LogP contribution in [0.2, 0.25) is 0 Å². The minimum atomic E-state index is -1.29. The second kappa shape index (κ2) is 7.52. The number of aromatic nitrogens is 1. The first-order valence-electron chi connectivity index (χ1n) is 9.00. The molecule has 1 aromatic heterocycles. The van der Waals surface area contributed by atoms with E-state index in [1.54, 1.807) is 17.6 Å². The molecule has 0 unspecified atom stereocenters. The summed E-state index contributed by atoms with van der Waals surface area (Å²) < 4.78 is 16.6. The number of hydrogen-bond acceptors (Lipinski definition) is 4. The van der Waals surface area contributed by atoms with E-state index in [4.69, 9.17) is 0 Å². The summed E-state index contributed by atoms with van der Waals surface area (Å²) in [5.74, 6) is -1.80. The molecule has 1 aliphatic rings. The molecule has 7 heteroatoms. The standard InChI is InChI=1S/C20H24FN3O3/c1-12(2)4-7-24-13(3)18(20(26)27)19(25)14-10-15(21)17(11-16(14)24)23-8-5-22-6-9-23/h4,10-11,22H,5-9H2,1-3H3,(H,26,27). The van der Waals surface area contributed by atoms with E-state index < -0.39 is 17.2 Å². The van der Waals surface area contributed by atoms with E-state index >= 15 is 0 Å². The lowest BCUT2D eigenvalue weighted by Gasteiger charge is -2.30. The number of nitrogens with zero attached hydrogens (tertiary/aromatic N) is 2. The van der Waals surface area contributed by atoms with E-state index in [9.17, 15) is 19.1 Å². The van der Waals surface area contributed by atoms with Crippen molar-refractivity contribution in [1.82, 2.24) is 9.88 Å². The fourth-order valence-corrected chi connectivity index (χ4v) is 3.48. The van der Waals surface area contributed by atoms with Gasteiger partial charge in [0.05, 0.1) is 11.2 Å². The Morgan fingerprint density at radius 2 is 1.96 bits per heavy atom. The molecule has 1 aliphatic heterocycles. The maximum atomic E-state index is 14.8. The lowest BCUT2D eigenvalue weighted by atomic mass is 10.1. The van der Waals surface area contributed by atoms with Crippen LogP contribution in [0.4, 0.5) is 10.1 Å². The maximum Gasteiger partial charge on any atom is 0.341 e. The van der Waals surface area contributed by atoms with Gasteiger partial charge in [0.15, 0.2) is 0 Å². The Balaban J connectivity index is 2.31. The van der Waals surface area contributed by atoms with Gasteiger partial charge in [0.25, 0.3) is 0 Å². The van der Waals surface area contributed by atoms with Gasteiger partial charge < -0.3 is 19.9 Å². The maximum absolute atomic E-state index is 14.8. The third-order valence-corrected chi connectivity index (χ3v) is 4.95. The molecule has 0 radical (unpaired) electrons. The summed E-state index contributed by atoms with van der Waals surface area (Å²) in [5.41, 5.74) is 1.48. The smallest absolute Gasteiger partial charge is 0.341 e. The summed E-state index contributed by atoms with van der Waals surface area (Å²) in [6.45, 7) is 8.81. The van der Waals surface area contributed by atoms with E-state index in [-0.39, 0.29) is 10.9 Å². The van der Waals surface area contributed by atoms with Crippen LogP contribution in [0.1, 0.15) is 29.9 Å². The topological polar surface area (TPSA) is 74.6 Å². The highest BCUT2D eigenvalue weighted by Gasteiger charge is 2.22. The van der Waals surface area contributed by atoms with Crippen LogP contribution < -0.4 is 15.6 Å². The van der Waals surface area contributed by atoms with E-state index in [0.717, 1.165) is 18.7 Å². The number of carbonyl (C=O) groups is 1. The molecule has 1 fully saturated rings. The second-order valence-corrected chi connectivity index (χ2v) is 7.04. The van der Waals surface area contributed by atoms with Crippen LogP contribution in [0.25, 0.3) is 10.9 Å². The zero-order chi connectivity index (χ0) is 19.7. The Bertz CT molecular complexity index is 984. The first-order chi connectivity index (χ1) is 12.8. The minimum absolute atomic E-state index is 0.0940. The fraction of sp³-hybridized carbons (Fsp3) is 0.400. The molecule has 0 spiro atoms. The van der Waals surface area contributed by atoms with Gasteiger partial charge in [-0.2, -0.15) is 0 Å². The Kier molecular flexibility index (Phi) is 5.32. The predicted octanol–water partition coefficient (Wildman–Crippen LogP) is 2.52. The van der Waals surface area contributed by atoms with Crippen LogP contribution in [0.3, 0.4) is 0 Å². The van der Waals surface area contributed by atoms with Crippen LogP contribution >= 0.6 is 0 Å². The molecule has 0 aliphatic carbocycles. The van der Waals surface area contributed by atoms with Crippen molar-refractivity contribution in [1.29, 1.82) is 0 Å². The Morgan fingerprint density at radius 1 is 1.30 bits per heavy atom. The third kappa shape index (κ3) is 3.60. The summed E-state index contributed by atoms with van der Waals surface area (Å²) in [7, 11) is 0. The number of aromatic carboxylic acids is 1. The molecule has 0 saturated carbocycles. The van der Waals surface area contributed by atoms with Crippen molar-refractivity contribution in [3.8, 4) is 0 Å². The number of hydrogen-bond donors (Lipinski definition) is 2. The minimum Gasteiger partial charge on any atom is -0.477 e. The summed E-state index contributed by atoms with van der Waals surface area (Å²) >= 11 is 0. The molecule has 144 valence electrons. The molecule has 6 nitrogen and oxygen atoms in total. The predicted molar refractivity (Wildman–Crippen MR) is 104 cm³/mol. The first kappa shape index (κ1) is 19.1. The number of benzene rings is 1. The summed E-state index contributed by atoms with van der Waals surface area (Å²) in [5, 5.41) is 12.8. The van der Waals surface area contributed by atoms with Gasteiger partial charge in [-0.05, 0) is 32.9 Å². The van der Waals surface area contributed by atoms with E-state index in [2.05, 4.69) is 5.32 Å². The van der Waals surface area contributed by atoms with Gasteiger partial charge in [-0.25, -0.2) is 9.18 Å². The quantitative estimate of drug-likeness (QED) is 0.806. The van der Waals surface area contributed by atoms with Gasteiger partial charge in [0.2, 0.25) is 5.43 Å². The molecule has 2 N–H and O–H groups in total. The van der Waals surface area contributed by atoms with Crippen LogP contribution in [-0.4, -0.2) is 41.8 Å². The van der Waals surface area contributed by atoms with Crippen LogP contribution in [-0.2, 0) is 6.54 Å². The van der Waals surface area contributed by atoms with Crippen molar-refractivity contribution < 1.29 is 14.3 Å². The summed E-state index contributed by atoms with van der Waals surface area (Å²) in [4.78, 5) is 26.3. The summed E-state index contributed by atoms with van der Waals surface area (Å²) in [6, 6.07) is 2.86. The number of pyridine rings is 1. The van der Waals surface area contributed by atoms with Crippen LogP contribution in [0.15, 0.2) is 28.6 Å². The highest BCUT2D eigenvalue weighted by Crippen LogP contribution is 2.27. The number of piperazine rings is 1. The highest BCUT2D eigenvalue weighted by atomic mass is 19.1. The molecule has 2 heterocycles. The largest absolute Gasteiger partial charge is 0.477 e. The molecule has 1 aromatic carbocycles. The van der Waals surface area contributed by atoms with Gasteiger partial charge in [0.1, 0.15) is 11.4 Å². The second-order valence-electron chi connectivity index (χ2n) is 7.04. The van der Waals surface area contributed by atoms with Crippen molar-refractivity contribution in [3.63, 3.8) is 0 Å². The molecular weight excluding hydrogens is 349 g/mol. The van der Waals surface area contributed by atoms with Gasteiger partial charge in [-0.3, -0.25) is 4.79 Å². The zero-order valence-corrected chi connectivity index (χ0v) is 15.8. The van der Waals surface area contributed by atoms with Crippen molar-refractivity contribution in [2.45, 2.75) is 27.3 Å². The SMILES string of the molecule is CC(C)=CCn1c(C)c(C(=O)O)c(=O)c2cc(F)c(N3CCNCC3)cc21. The normalized spacial score (nSPS) is 14.4. The molecule has 0 amide bonds. The number of halogens is 1. The average Bonchev–Trinajstić information content (AvgIpc) is 2.62. The summed E-state index contributed by atoms with van der Waals surface area (Å²) in [6.07, 6.45) is 1.95. The number of fused-ring (bicyclic) bond motifs is 1. The average molecular weight is 373 g/mol.